The van der Waals surface area contributed by atoms with Crippen molar-refractivity contribution >= 4 is 23.3 Å². The largest absolute Gasteiger partial charge is 0.496 e. The summed E-state index contributed by atoms with van der Waals surface area (Å²) in [4.78, 5) is 34.9. The summed E-state index contributed by atoms with van der Waals surface area (Å²) in [6.07, 6.45) is 3.58. The van der Waals surface area contributed by atoms with Gasteiger partial charge in [0.25, 0.3) is 11.8 Å². The number of ether oxygens (including phenoxy) is 1. The van der Waals surface area contributed by atoms with Crippen LogP contribution in [0.1, 0.15) is 47.4 Å². The van der Waals surface area contributed by atoms with Crippen molar-refractivity contribution in [3.05, 3.63) is 47.7 Å². The Morgan fingerprint density at radius 3 is 2.62 bits per heavy atom. The molecule has 32 heavy (non-hydrogen) atoms. The van der Waals surface area contributed by atoms with Crippen LogP contribution in [0.15, 0.2) is 36.5 Å². The smallest absolute Gasteiger partial charge is 0.259 e. The Kier molecular flexibility index (Phi) is 8.44. The number of hydrogen-bond donors (Lipinski definition) is 2. The molecule has 8 nitrogen and oxygen atoms in total. The van der Waals surface area contributed by atoms with Crippen LogP contribution in [0.25, 0.3) is 0 Å². The number of carbonyl (C=O) groups excluding carboxylic acids is 2. The molecule has 0 aliphatic carbocycles. The third-order valence-corrected chi connectivity index (χ3v) is 5.57. The number of rotatable bonds is 9. The third-order valence-electron chi connectivity index (χ3n) is 5.57. The first-order valence-corrected chi connectivity index (χ1v) is 11.3. The molecule has 0 bridgehead atoms. The molecule has 0 saturated carbocycles. The van der Waals surface area contributed by atoms with Gasteiger partial charge in [0.15, 0.2) is 0 Å². The van der Waals surface area contributed by atoms with Crippen molar-refractivity contribution in [1.29, 1.82) is 0 Å². The van der Waals surface area contributed by atoms with E-state index in [1.807, 2.05) is 17.9 Å². The average Bonchev–Trinajstić information content (AvgIpc) is 2.84. The molecular formula is C24H33N5O3. The fraction of sp³-hybridized carbons (Fsp3) is 0.458. The molecule has 1 aliphatic heterocycles. The predicted octanol–water partition coefficient (Wildman–Crippen LogP) is 3.01. The molecule has 1 aliphatic rings. The number of hydrogen-bond acceptors (Lipinski definition) is 6. The highest BCUT2D eigenvalue weighted by Gasteiger charge is 2.24. The summed E-state index contributed by atoms with van der Waals surface area (Å²) in [5.74, 6) is 0.788. The number of aromatic nitrogens is 1. The van der Waals surface area contributed by atoms with Crippen molar-refractivity contribution < 1.29 is 14.3 Å². The van der Waals surface area contributed by atoms with E-state index in [1.54, 1.807) is 30.5 Å². The van der Waals surface area contributed by atoms with Gasteiger partial charge in [0.2, 0.25) is 0 Å². The van der Waals surface area contributed by atoms with Gasteiger partial charge in [-0.2, -0.15) is 0 Å². The molecule has 1 saturated heterocycles. The minimum absolute atomic E-state index is 0.0598. The Hall–Kier alpha value is -3.13. The molecule has 3 rings (SSSR count). The maximum absolute atomic E-state index is 13.5. The van der Waals surface area contributed by atoms with Crippen LogP contribution >= 0.6 is 0 Å². The van der Waals surface area contributed by atoms with Gasteiger partial charge < -0.3 is 25.2 Å². The number of anilines is 2. The molecule has 0 unspecified atom stereocenters. The Morgan fingerprint density at radius 1 is 1.19 bits per heavy atom. The van der Waals surface area contributed by atoms with Gasteiger partial charge in [-0.1, -0.05) is 25.5 Å². The van der Waals surface area contributed by atoms with Crippen LogP contribution < -0.4 is 20.3 Å². The molecule has 172 valence electrons. The third kappa shape index (κ3) is 5.56. The molecule has 1 aromatic heterocycles. The summed E-state index contributed by atoms with van der Waals surface area (Å²) in [6, 6.07) is 8.78. The number of benzene rings is 1. The standard InChI is InChI=1S/C24H33N5O3/c1-4-6-13-28(5-2)24(31)20-16-18(17-26-22(20)29-14-11-25-12-15-29)27-23(30)19-9-7-8-10-21(19)32-3/h7-10,16-17,25H,4-6,11-15H2,1-3H3,(H,27,30). The van der Waals surface area contributed by atoms with Gasteiger partial charge in [-0.15, -0.1) is 0 Å². The van der Waals surface area contributed by atoms with Crippen LogP contribution in [0.2, 0.25) is 0 Å². The van der Waals surface area contributed by atoms with Gasteiger partial charge in [-0.3, -0.25) is 9.59 Å². The zero-order valence-electron chi connectivity index (χ0n) is 19.2. The fourth-order valence-electron chi connectivity index (χ4n) is 3.77. The van der Waals surface area contributed by atoms with Gasteiger partial charge in [0.05, 0.1) is 30.1 Å². The van der Waals surface area contributed by atoms with Gasteiger partial charge >= 0.3 is 0 Å². The van der Waals surface area contributed by atoms with Crippen LogP contribution in [0.3, 0.4) is 0 Å². The quantitative estimate of drug-likeness (QED) is 0.625. The summed E-state index contributed by atoms with van der Waals surface area (Å²) >= 11 is 0. The first-order valence-electron chi connectivity index (χ1n) is 11.3. The number of unbranched alkanes of at least 4 members (excludes halogenated alkanes) is 1. The number of piperazine rings is 1. The van der Waals surface area contributed by atoms with Crippen molar-refractivity contribution in [3.8, 4) is 5.75 Å². The van der Waals surface area contributed by atoms with E-state index >= 15 is 0 Å². The lowest BCUT2D eigenvalue weighted by atomic mass is 10.1. The van der Waals surface area contributed by atoms with Crippen LogP contribution in [0.5, 0.6) is 5.75 Å². The first-order chi connectivity index (χ1) is 15.6. The minimum Gasteiger partial charge on any atom is -0.496 e. The van der Waals surface area contributed by atoms with E-state index in [2.05, 4.69) is 27.4 Å². The number of carbonyl (C=O) groups is 2. The Bertz CT molecular complexity index is 928. The van der Waals surface area contributed by atoms with Gasteiger partial charge in [0.1, 0.15) is 11.6 Å². The second-order valence-electron chi connectivity index (χ2n) is 7.72. The average molecular weight is 440 g/mol. The van der Waals surface area contributed by atoms with Gasteiger partial charge in [0, 0.05) is 39.3 Å². The molecule has 0 atom stereocenters. The molecule has 2 aromatic rings. The van der Waals surface area contributed by atoms with E-state index < -0.39 is 0 Å². The fourth-order valence-corrected chi connectivity index (χ4v) is 3.77. The van der Waals surface area contributed by atoms with Crippen LogP contribution in [0, 0.1) is 0 Å². The van der Waals surface area contributed by atoms with Gasteiger partial charge in [-0.25, -0.2) is 4.98 Å². The van der Waals surface area contributed by atoms with Crippen molar-refractivity contribution in [1.82, 2.24) is 15.2 Å². The molecule has 2 amide bonds. The molecule has 0 radical (unpaired) electrons. The summed E-state index contributed by atoms with van der Waals surface area (Å²) < 4.78 is 5.30. The van der Waals surface area contributed by atoms with Crippen LogP contribution in [-0.2, 0) is 0 Å². The number of pyridine rings is 1. The van der Waals surface area contributed by atoms with E-state index in [0.29, 0.717) is 41.5 Å². The SMILES string of the molecule is CCCCN(CC)C(=O)c1cc(NC(=O)c2ccccc2OC)cnc1N1CCNCC1. The lowest BCUT2D eigenvalue weighted by molar-refractivity contribution is 0.0762. The van der Waals surface area contributed by atoms with E-state index in [4.69, 9.17) is 4.74 Å². The summed E-state index contributed by atoms with van der Waals surface area (Å²) in [5.41, 5.74) is 1.42. The predicted molar refractivity (Wildman–Crippen MR) is 127 cm³/mol. The monoisotopic (exact) mass is 439 g/mol. The topological polar surface area (TPSA) is 86.8 Å². The number of nitrogens with zero attached hydrogens (tertiary/aromatic N) is 3. The van der Waals surface area contributed by atoms with Crippen LogP contribution in [0.4, 0.5) is 11.5 Å². The van der Waals surface area contributed by atoms with Crippen LogP contribution in [-0.4, -0.2) is 68.1 Å². The Balaban J connectivity index is 1.92. The lowest BCUT2D eigenvalue weighted by Crippen LogP contribution is -2.45. The first kappa shape index (κ1) is 23.5. The molecule has 1 fully saturated rings. The second-order valence-corrected chi connectivity index (χ2v) is 7.72. The highest BCUT2D eigenvalue weighted by atomic mass is 16.5. The summed E-state index contributed by atoms with van der Waals surface area (Å²) in [6.45, 7) is 8.66. The van der Waals surface area contributed by atoms with E-state index in [9.17, 15) is 9.59 Å². The van der Waals surface area contributed by atoms with E-state index in [1.165, 1.54) is 7.11 Å². The molecular weight excluding hydrogens is 406 g/mol. The maximum atomic E-state index is 13.5. The highest BCUT2D eigenvalue weighted by Crippen LogP contribution is 2.25. The molecule has 2 heterocycles. The number of methoxy groups -OCH3 is 1. The summed E-state index contributed by atoms with van der Waals surface area (Å²) in [7, 11) is 1.53. The molecule has 1 aromatic carbocycles. The van der Waals surface area contributed by atoms with Gasteiger partial charge in [-0.05, 0) is 31.5 Å². The van der Waals surface area contributed by atoms with Crippen molar-refractivity contribution in [2.24, 2.45) is 0 Å². The Morgan fingerprint density at radius 2 is 1.94 bits per heavy atom. The summed E-state index contributed by atoms with van der Waals surface area (Å²) in [5, 5.41) is 6.20. The maximum Gasteiger partial charge on any atom is 0.259 e. The molecule has 8 heteroatoms. The second kappa shape index (κ2) is 11.5. The minimum atomic E-state index is -0.309. The number of nitrogens with one attached hydrogen (secondary N) is 2. The number of amides is 2. The normalized spacial score (nSPS) is 13.5. The Labute approximate surface area is 190 Å². The molecule has 0 spiro atoms. The van der Waals surface area contributed by atoms with Crippen molar-refractivity contribution in [2.75, 3.05) is 56.6 Å². The zero-order chi connectivity index (χ0) is 22.9. The lowest BCUT2D eigenvalue weighted by Gasteiger charge is -2.31. The zero-order valence-corrected chi connectivity index (χ0v) is 19.2. The van der Waals surface area contributed by atoms with Crippen molar-refractivity contribution in [2.45, 2.75) is 26.7 Å². The highest BCUT2D eigenvalue weighted by molar-refractivity contribution is 6.07. The van der Waals surface area contributed by atoms with Crippen molar-refractivity contribution in [3.63, 3.8) is 0 Å². The van der Waals surface area contributed by atoms with E-state index in [0.717, 1.165) is 39.0 Å². The van der Waals surface area contributed by atoms with E-state index in [-0.39, 0.29) is 11.8 Å². The molecule has 2 N–H and O–H groups in total. The number of para-hydroxylation sites is 1.